The van der Waals surface area contributed by atoms with Crippen LogP contribution in [0.1, 0.15) is 59.7 Å². The van der Waals surface area contributed by atoms with Crippen molar-refractivity contribution in [2.24, 2.45) is 0 Å². The van der Waals surface area contributed by atoms with Crippen LogP contribution in [0.4, 0.5) is 0 Å². The Balaban J connectivity index is 1.74. The van der Waals surface area contributed by atoms with E-state index in [1.54, 1.807) is 31.6 Å². The van der Waals surface area contributed by atoms with Gasteiger partial charge in [0.2, 0.25) is 5.88 Å². The monoisotopic (exact) mass is 417 g/mol. The van der Waals surface area contributed by atoms with Crippen molar-refractivity contribution in [1.82, 2.24) is 24.8 Å². The molecule has 0 saturated carbocycles. The molecular formula is C24H27N5O2. The molecule has 0 aromatic carbocycles. The minimum absolute atomic E-state index is 0.0364. The summed E-state index contributed by atoms with van der Waals surface area (Å²) in [5, 5.41) is 0. The van der Waals surface area contributed by atoms with E-state index in [1.165, 1.54) is 0 Å². The second-order valence-corrected chi connectivity index (χ2v) is 7.77. The van der Waals surface area contributed by atoms with Crippen molar-refractivity contribution in [1.29, 1.82) is 0 Å². The summed E-state index contributed by atoms with van der Waals surface area (Å²) in [4.78, 5) is 33.2. The summed E-state index contributed by atoms with van der Waals surface area (Å²) in [6.45, 7) is 4.84. The summed E-state index contributed by atoms with van der Waals surface area (Å²) in [5.41, 5.74) is 4.55. The molecule has 1 aliphatic rings. The summed E-state index contributed by atoms with van der Waals surface area (Å²) < 4.78 is 5.12. The zero-order chi connectivity index (χ0) is 21.8. The number of aromatic nitrogens is 4. The maximum absolute atomic E-state index is 13.3. The molecule has 1 amide bonds. The molecule has 3 aromatic heterocycles. The summed E-state index contributed by atoms with van der Waals surface area (Å²) >= 11 is 0. The van der Waals surface area contributed by atoms with Gasteiger partial charge in [-0.15, -0.1) is 0 Å². The third-order valence-electron chi connectivity index (χ3n) is 5.67. The predicted octanol–water partition coefficient (Wildman–Crippen LogP) is 4.18. The quantitative estimate of drug-likeness (QED) is 0.598. The van der Waals surface area contributed by atoms with Gasteiger partial charge in [0.05, 0.1) is 24.4 Å². The molecule has 0 aliphatic carbocycles. The van der Waals surface area contributed by atoms with E-state index >= 15 is 0 Å². The van der Waals surface area contributed by atoms with Gasteiger partial charge in [-0.05, 0) is 49.4 Å². The number of nitrogens with zero attached hydrogens (tertiary/aromatic N) is 5. The highest BCUT2D eigenvalue weighted by molar-refractivity contribution is 5.94. The van der Waals surface area contributed by atoms with Gasteiger partial charge in [-0.3, -0.25) is 9.78 Å². The lowest BCUT2D eigenvalue weighted by atomic mass is 9.97. The zero-order valence-electron chi connectivity index (χ0n) is 18.2. The van der Waals surface area contributed by atoms with E-state index in [-0.39, 0.29) is 11.9 Å². The lowest BCUT2D eigenvalue weighted by molar-refractivity contribution is 0.0732. The van der Waals surface area contributed by atoms with Crippen LogP contribution in [0, 0.1) is 6.92 Å². The normalized spacial score (nSPS) is 15.8. The van der Waals surface area contributed by atoms with E-state index in [4.69, 9.17) is 9.72 Å². The predicted molar refractivity (Wildman–Crippen MR) is 118 cm³/mol. The van der Waals surface area contributed by atoms with Crippen LogP contribution in [-0.2, 0) is 6.42 Å². The number of carbonyl (C=O) groups excluding carboxylic acids is 1. The maximum Gasteiger partial charge on any atom is 0.255 e. The smallest absolute Gasteiger partial charge is 0.255 e. The van der Waals surface area contributed by atoms with E-state index in [9.17, 15) is 4.79 Å². The molecule has 0 radical (unpaired) electrons. The highest BCUT2D eigenvalue weighted by Gasteiger charge is 2.34. The lowest BCUT2D eigenvalue weighted by Gasteiger charge is -2.26. The lowest BCUT2D eigenvalue weighted by Crippen LogP contribution is -2.31. The minimum atomic E-state index is -0.101. The Kier molecular flexibility index (Phi) is 6.21. The number of pyridine rings is 2. The van der Waals surface area contributed by atoms with Crippen LogP contribution in [0.2, 0.25) is 0 Å². The second kappa shape index (κ2) is 9.20. The summed E-state index contributed by atoms with van der Waals surface area (Å²) in [6, 6.07) is 5.37. The van der Waals surface area contributed by atoms with Crippen molar-refractivity contribution >= 4 is 5.91 Å². The Morgan fingerprint density at radius 2 is 2.03 bits per heavy atom. The van der Waals surface area contributed by atoms with E-state index in [2.05, 4.69) is 21.9 Å². The van der Waals surface area contributed by atoms with E-state index in [0.717, 1.165) is 53.9 Å². The van der Waals surface area contributed by atoms with E-state index in [0.29, 0.717) is 18.0 Å². The van der Waals surface area contributed by atoms with Crippen molar-refractivity contribution in [2.45, 2.75) is 45.6 Å². The molecule has 1 fully saturated rings. The summed E-state index contributed by atoms with van der Waals surface area (Å²) in [5.74, 6) is 1.27. The largest absolute Gasteiger partial charge is 0.481 e. The molecular weight excluding hydrogens is 390 g/mol. The number of hydrogen-bond donors (Lipinski definition) is 0. The Morgan fingerprint density at radius 3 is 2.74 bits per heavy atom. The van der Waals surface area contributed by atoms with Gasteiger partial charge >= 0.3 is 0 Å². The van der Waals surface area contributed by atoms with Gasteiger partial charge in [-0.1, -0.05) is 6.92 Å². The Hall–Kier alpha value is -3.35. The molecule has 1 saturated heterocycles. The van der Waals surface area contributed by atoms with E-state index in [1.807, 2.05) is 30.3 Å². The van der Waals surface area contributed by atoms with Gasteiger partial charge in [0, 0.05) is 49.4 Å². The van der Waals surface area contributed by atoms with Gasteiger partial charge in [0.15, 0.2) is 0 Å². The van der Waals surface area contributed by atoms with Gasteiger partial charge in [-0.2, -0.15) is 0 Å². The van der Waals surface area contributed by atoms with Crippen LogP contribution < -0.4 is 4.74 Å². The molecule has 0 spiro atoms. The number of rotatable bonds is 6. The SMILES string of the molecule is CCCc1ncc(-c2ccncc2C)c([C@H]2CCCN2C(=O)c2ccc(OC)nc2)n1. The van der Waals surface area contributed by atoms with E-state index < -0.39 is 0 Å². The zero-order valence-corrected chi connectivity index (χ0v) is 18.2. The first-order valence-corrected chi connectivity index (χ1v) is 10.7. The van der Waals surface area contributed by atoms with Crippen LogP contribution in [0.25, 0.3) is 11.1 Å². The first-order valence-electron chi connectivity index (χ1n) is 10.7. The molecule has 3 aromatic rings. The molecule has 1 atom stereocenters. The number of likely N-dealkylation sites (tertiary alicyclic amines) is 1. The first kappa shape index (κ1) is 20.9. The number of amides is 1. The molecule has 4 heterocycles. The average molecular weight is 418 g/mol. The molecule has 31 heavy (non-hydrogen) atoms. The fourth-order valence-electron chi connectivity index (χ4n) is 4.10. The number of aryl methyl sites for hydroxylation is 2. The minimum Gasteiger partial charge on any atom is -0.481 e. The third-order valence-corrected chi connectivity index (χ3v) is 5.67. The number of hydrogen-bond acceptors (Lipinski definition) is 6. The van der Waals surface area contributed by atoms with Crippen LogP contribution in [0.15, 0.2) is 43.0 Å². The van der Waals surface area contributed by atoms with Crippen molar-refractivity contribution in [2.75, 3.05) is 13.7 Å². The molecule has 7 heteroatoms. The fraction of sp³-hybridized carbons (Fsp3) is 0.375. The van der Waals surface area contributed by atoms with Gasteiger partial charge in [0.1, 0.15) is 5.82 Å². The van der Waals surface area contributed by atoms with Crippen molar-refractivity contribution in [3.63, 3.8) is 0 Å². The van der Waals surface area contributed by atoms with Crippen molar-refractivity contribution in [3.8, 4) is 17.0 Å². The molecule has 0 bridgehead atoms. The van der Waals surface area contributed by atoms with Crippen LogP contribution >= 0.6 is 0 Å². The van der Waals surface area contributed by atoms with Crippen LogP contribution in [0.5, 0.6) is 5.88 Å². The molecule has 7 nitrogen and oxygen atoms in total. The molecule has 0 unspecified atom stereocenters. The number of ether oxygens (including phenoxy) is 1. The fourth-order valence-corrected chi connectivity index (χ4v) is 4.10. The maximum atomic E-state index is 13.3. The second-order valence-electron chi connectivity index (χ2n) is 7.77. The summed E-state index contributed by atoms with van der Waals surface area (Å²) in [7, 11) is 1.56. The first-order chi connectivity index (χ1) is 15.1. The van der Waals surface area contributed by atoms with Crippen LogP contribution in [-0.4, -0.2) is 44.4 Å². The summed E-state index contributed by atoms with van der Waals surface area (Å²) in [6.07, 6.45) is 10.7. The average Bonchev–Trinajstić information content (AvgIpc) is 3.29. The number of methoxy groups -OCH3 is 1. The Labute approximate surface area is 182 Å². The van der Waals surface area contributed by atoms with Crippen LogP contribution in [0.3, 0.4) is 0 Å². The third kappa shape index (κ3) is 4.26. The highest BCUT2D eigenvalue weighted by atomic mass is 16.5. The van der Waals surface area contributed by atoms with Crippen molar-refractivity contribution < 1.29 is 9.53 Å². The van der Waals surface area contributed by atoms with Gasteiger partial charge < -0.3 is 9.64 Å². The Morgan fingerprint density at radius 1 is 1.16 bits per heavy atom. The molecule has 4 rings (SSSR count). The van der Waals surface area contributed by atoms with Gasteiger partial charge in [-0.25, -0.2) is 15.0 Å². The standard InChI is InChI=1S/C24H27N5O2/c1-4-6-21-26-15-19(18-10-11-25-13-16(18)2)23(28-21)20-7-5-12-29(20)24(30)17-8-9-22(31-3)27-14-17/h8-11,13-15,20H,4-7,12H2,1-3H3/t20-/m1/s1. The number of carbonyl (C=O) groups is 1. The molecule has 1 aliphatic heterocycles. The Bertz CT molecular complexity index is 1070. The van der Waals surface area contributed by atoms with Gasteiger partial charge in [0.25, 0.3) is 5.91 Å². The molecule has 160 valence electrons. The highest BCUT2D eigenvalue weighted by Crippen LogP contribution is 2.38. The van der Waals surface area contributed by atoms with Crippen molar-refractivity contribution in [3.05, 3.63) is 65.6 Å². The topological polar surface area (TPSA) is 81.1 Å². The molecule has 0 N–H and O–H groups in total.